The molecule has 0 saturated carbocycles. The smallest absolute Gasteiger partial charge is 0.358 e. The van der Waals surface area contributed by atoms with Gasteiger partial charge in [0.15, 0.2) is 22.5 Å². The van der Waals surface area contributed by atoms with E-state index >= 15 is 0 Å². The van der Waals surface area contributed by atoms with Gasteiger partial charge in [0.2, 0.25) is 0 Å². The van der Waals surface area contributed by atoms with Gasteiger partial charge in [0.1, 0.15) is 11.5 Å². The van der Waals surface area contributed by atoms with E-state index in [1.165, 1.54) is 18.2 Å². The average molecular weight is 401 g/mol. The second-order valence-corrected chi connectivity index (χ2v) is 8.30. The maximum atomic E-state index is 12.4. The zero-order chi connectivity index (χ0) is 20.3. The van der Waals surface area contributed by atoms with Crippen molar-refractivity contribution in [1.29, 1.82) is 0 Å². The number of esters is 1. The maximum Gasteiger partial charge on any atom is 0.358 e. The monoisotopic (exact) mass is 401 g/mol. The number of fused-ring (bicyclic) bond motifs is 1. The Kier molecular flexibility index (Phi) is 5.71. The van der Waals surface area contributed by atoms with Crippen LogP contribution < -0.4 is 4.74 Å². The number of aliphatic imine (C=N–C) groups is 1. The van der Waals surface area contributed by atoms with E-state index in [9.17, 15) is 18.4 Å². The van der Waals surface area contributed by atoms with Gasteiger partial charge in [0.05, 0.1) is 22.5 Å². The molecule has 146 valence electrons. The van der Waals surface area contributed by atoms with E-state index in [0.717, 1.165) is 6.08 Å². The maximum absolute atomic E-state index is 12.4. The molecule has 2 atom stereocenters. The summed E-state index contributed by atoms with van der Waals surface area (Å²) in [6, 6.07) is 6.49. The fourth-order valence-corrected chi connectivity index (χ4v) is 3.57. The van der Waals surface area contributed by atoms with Gasteiger partial charge in [-0.25, -0.2) is 9.79 Å². The van der Waals surface area contributed by atoms with Gasteiger partial charge in [-0.1, -0.05) is 0 Å². The van der Waals surface area contributed by atoms with Crippen LogP contribution in [0.5, 0.6) is 5.75 Å². The first-order valence-corrected chi connectivity index (χ1v) is 10.4. The number of ketones is 1. The Hall–Kier alpha value is -2.84. The largest absolute Gasteiger partial charge is 0.610 e. The van der Waals surface area contributed by atoms with Crippen LogP contribution in [0.1, 0.15) is 24.2 Å². The minimum atomic E-state index is -3.42. The van der Waals surface area contributed by atoms with Gasteiger partial charge < -0.3 is 14.0 Å². The van der Waals surface area contributed by atoms with Crippen molar-refractivity contribution >= 4 is 27.7 Å². The first-order chi connectivity index (χ1) is 13.3. The molecule has 0 bridgehead atoms. The summed E-state index contributed by atoms with van der Waals surface area (Å²) in [6.45, 7) is 3.91. The van der Waals surface area contributed by atoms with Crippen molar-refractivity contribution in [2.75, 3.05) is 12.4 Å². The van der Waals surface area contributed by atoms with E-state index in [0.29, 0.717) is 17.9 Å². The van der Waals surface area contributed by atoms with E-state index in [2.05, 4.69) is 4.99 Å². The lowest BCUT2D eigenvalue weighted by Gasteiger charge is -2.24. The molecule has 8 heteroatoms. The number of sulfone groups is 1. The number of hydrogen-bond donors (Lipinski definition) is 0. The number of benzene rings is 1. The standard InChI is InChI=1S/C20H19NO6S/c1-3-26-14-7-5-13(6-8-14)18(22)12-17-20(23)27-19-10-9-15(11-16(19)21-17)28(24,25)4-2/h5-12,19H,3-4H2,1-2H3/b17-12-. The summed E-state index contributed by atoms with van der Waals surface area (Å²) in [5.41, 5.74) is 0.448. The predicted molar refractivity (Wildman–Crippen MR) is 104 cm³/mol. The van der Waals surface area contributed by atoms with Gasteiger partial charge in [-0.2, -0.15) is 0 Å². The van der Waals surface area contributed by atoms with Gasteiger partial charge in [0.25, 0.3) is 0 Å². The Morgan fingerprint density at radius 2 is 2.04 bits per heavy atom. The molecular weight excluding hydrogens is 382 g/mol. The molecule has 0 radical (unpaired) electrons. The molecule has 0 saturated heterocycles. The van der Waals surface area contributed by atoms with Crippen molar-refractivity contribution in [2.45, 2.75) is 20.0 Å². The van der Waals surface area contributed by atoms with Gasteiger partial charge in [0, 0.05) is 17.7 Å². The Balaban J connectivity index is 1.88. The molecule has 1 aromatic rings. The summed E-state index contributed by atoms with van der Waals surface area (Å²) in [5, 5.41) is 0. The third-order valence-electron chi connectivity index (χ3n) is 4.17. The van der Waals surface area contributed by atoms with Gasteiger partial charge in [-0.05, 0) is 50.3 Å². The fraction of sp³-hybridized carbons (Fsp3) is 0.250. The molecule has 2 aliphatic rings. The van der Waals surface area contributed by atoms with E-state index in [-0.39, 0.29) is 22.1 Å². The number of hydrogen-bond acceptors (Lipinski definition) is 7. The molecular formula is C20H19NO6S. The molecule has 0 spiro atoms. The Morgan fingerprint density at radius 3 is 2.68 bits per heavy atom. The first kappa shape index (κ1) is 19.9. The zero-order valence-electron chi connectivity index (χ0n) is 15.4. The molecule has 28 heavy (non-hydrogen) atoms. The Morgan fingerprint density at radius 1 is 1.32 bits per heavy atom. The SMILES string of the molecule is CCOc1ccc(C(=O)/C=C2\N=C3C=C([S+](=O)([O-])CC)C=CC3OC2=O)cc1. The highest BCUT2D eigenvalue weighted by molar-refractivity contribution is 8.01. The van der Waals surface area contributed by atoms with Crippen LogP contribution in [0.4, 0.5) is 0 Å². The van der Waals surface area contributed by atoms with Crippen molar-refractivity contribution in [2.24, 2.45) is 4.99 Å². The molecule has 0 fully saturated rings. The summed E-state index contributed by atoms with van der Waals surface area (Å²) >= 11 is 0. The molecule has 0 N–H and O–H groups in total. The van der Waals surface area contributed by atoms with E-state index in [4.69, 9.17) is 9.47 Å². The molecule has 1 heterocycles. The van der Waals surface area contributed by atoms with E-state index in [1.54, 1.807) is 31.2 Å². The minimum Gasteiger partial charge on any atom is -0.610 e. The zero-order valence-corrected chi connectivity index (χ0v) is 16.2. The van der Waals surface area contributed by atoms with Crippen LogP contribution in [0.2, 0.25) is 0 Å². The summed E-state index contributed by atoms with van der Waals surface area (Å²) in [7, 11) is -3.42. The summed E-state index contributed by atoms with van der Waals surface area (Å²) < 4.78 is 34.7. The number of allylic oxidation sites excluding steroid dienone is 2. The van der Waals surface area contributed by atoms with Crippen molar-refractivity contribution < 1.29 is 27.8 Å². The second kappa shape index (κ2) is 8.04. The van der Waals surface area contributed by atoms with Crippen LogP contribution >= 0.6 is 0 Å². The van der Waals surface area contributed by atoms with Crippen LogP contribution in [0.15, 0.2) is 64.2 Å². The summed E-state index contributed by atoms with van der Waals surface area (Å²) in [5.74, 6) is -0.585. The highest BCUT2D eigenvalue weighted by Gasteiger charge is 2.32. The van der Waals surface area contributed by atoms with Gasteiger partial charge in [-0.3, -0.25) is 4.79 Å². The lowest BCUT2D eigenvalue weighted by atomic mass is 10.1. The molecule has 0 amide bonds. The third-order valence-corrected chi connectivity index (χ3v) is 5.90. The van der Waals surface area contributed by atoms with Crippen molar-refractivity contribution in [3.63, 3.8) is 0 Å². The van der Waals surface area contributed by atoms with Gasteiger partial charge >= 0.3 is 5.97 Å². The van der Waals surface area contributed by atoms with E-state index < -0.39 is 28.1 Å². The fourth-order valence-electron chi connectivity index (χ4n) is 2.65. The summed E-state index contributed by atoms with van der Waals surface area (Å²) in [6.07, 6.45) is 4.55. The number of ether oxygens (including phenoxy) is 2. The number of carbonyl (C=O) groups excluding carboxylic acids is 2. The lowest BCUT2D eigenvalue weighted by Crippen LogP contribution is -2.33. The topological polar surface area (TPSA) is 105 Å². The molecule has 1 aliphatic heterocycles. The molecule has 3 rings (SSSR count). The molecule has 1 aromatic carbocycles. The van der Waals surface area contributed by atoms with E-state index in [1.807, 2.05) is 6.92 Å². The van der Waals surface area contributed by atoms with Crippen LogP contribution in [0.25, 0.3) is 0 Å². The van der Waals surface area contributed by atoms with Gasteiger partial charge in [-0.15, -0.1) is 4.21 Å². The molecule has 0 aromatic heterocycles. The van der Waals surface area contributed by atoms with Crippen molar-refractivity contribution in [3.05, 3.63) is 64.7 Å². The normalized spacial score (nSPS) is 21.9. The summed E-state index contributed by atoms with van der Waals surface area (Å²) in [4.78, 5) is 28.8. The van der Waals surface area contributed by atoms with Crippen LogP contribution in [0.3, 0.4) is 0 Å². The second-order valence-electron chi connectivity index (χ2n) is 6.02. The highest BCUT2D eigenvalue weighted by Crippen LogP contribution is 2.25. The first-order valence-electron chi connectivity index (χ1n) is 8.75. The van der Waals surface area contributed by atoms with Crippen LogP contribution in [-0.4, -0.2) is 40.5 Å². The molecule has 7 nitrogen and oxygen atoms in total. The Bertz CT molecular complexity index is 971. The number of carbonyl (C=O) groups is 2. The number of nitrogens with zero attached hydrogens (tertiary/aromatic N) is 1. The number of rotatable bonds is 6. The highest BCUT2D eigenvalue weighted by atomic mass is 32.3. The quantitative estimate of drug-likeness (QED) is 0.314. The van der Waals surface area contributed by atoms with Crippen molar-refractivity contribution in [1.82, 2.24) is 0 Å². The van der Waals surface area contributed by atoms with Crippen LogP contribution in [0, 0.1) is 0 Å². The third kappa shape index (κ3) is 4.18. The van der Waals surface area contributed by atoms with Crippen molar-refractivity contribution in [3.8, 4) is 5.75 Å². The van der Waals surface area contributed by atoms with Crippen LogP contribution in [-0.2, 0) is 24.0 Å². The molecule has 1 aliphatic carbocycles. The lowest BCUT2D eigenvalue weighted by molar-refractivity contribution is -0.140. The average Bonchev–Trinajstić information content (AvgIpc) is 2.69. The minimum absolute atomic E-state index is 0.0557. The molecule has 2 unspecified atom stereocenters. The predicted octanol–water partition coefficient (Wildman–Crippen LogP) is 2.62. The Labute approximate surface area is 163 Å².